The zero-order valence-corrected chi connectivity index (χ0v) is 20.3. The van der Waals surface area contributed by atoms with Gasteiger partial charge < -0.3 is 10.2 Å². The van der Waals surface area contributed by atoms with E-state index in [0.717, 1.165) is 17.7 Å². The van der Waals surface area contributed by atoms with Crippen molar-refractivity contribution < 1.29 is 14.4 Å². The van der Waals surface area contributed by atoms with E-state index in [1.807, 2.05) is 40.6 Å². The third-order valence-corrected chi connectivity index (χ3v) is 8.70. The number of carbonyl (C=O) groups is 3. The molecule has 2 aromatic rings. The van der Waals surface area contributed by atoms with Gasteiger partial charge in [0.2, 0.25) is 5.91 Å². The lowest BCUT2D eigenvalue weighted by Gasteiger charge is -2.40. The quantitative estimate of drug-likeness (QED) is 0.609. The highest BCUT2D eigenvalue weighted by atomic mass is 32.1. The Balaban J connectivity index is 1.32. The fourth-order valence-corrected chi connectivity index (χ4v) is 6.58. The summed E-state index contributed by atoms with van der Waals surface area (Å²) < 4.78 is 0. The molecule has 0 aromatic carbocycles. The predicted molar refractivity (Wildman–Crippen MR) is 130 cm³/mol. The second-order valence-electron chi connectivity index (χ2n) is 9.75. The Morgan fingerprint density at radius 1 is 1.09 bits per heavy atom. The Bertz CT molecular complexity index is 1010. The number of nitrogens with one attached hydrogen (secondary N) is 1. The molecule has 0 unspecified atom stereocenters. The van der Waals surface area contributed by atoms with Crippen LogP contribution in [0.4, 0.5) is 4.79 Å². The first-order chi connectivity index (χ1) is 16.6. The first-order valence-electron chi connectivity index (χ1n) is 12.4. The molecule has 180 valence electrons. The summed E-state index contributed by atoms with van der Waals surface area (Å²) in [7, 11) is 0. The van der Waals surface area contributed by atoms with Gasteiger partial charge in [0.1, 0.15) is 0 Å². The van der Waals surface area contributed by atoms with Gasteiger partial charge in [0.05, 0.1) is 5.69 Å². The maximum atomic E-state index is 13.9. The van der Waals surface area contributed by atoms with Crippen molar-refractivity contribution in [1.29, 1.82) is 0 Å². The minimum atomic E-state index is -1.17. The molecular formula is C26H32N4O3S. The van der Waals surface area contributed by atoms with Crippen LogP contribution < -0.4 is 5.32 Å². The lowest BCUT2D eigenvalue weighted by molar-refractivity contribution is -0.137. The van der Waals surface area contributed by atoms with E-state index in [2.05, 4.69) is 10.3 Å². The Kier molecular flexibility index (Phi) is 6.68. The molecule has 2 aromatic heterocycles. The number of aromatic nitrogens is 1. The number of rotatable bonds is 7. The van der Waals surface area contributed by atoms with E-state index in [0.29, 0.717) is 56.9 Å². The molecule has 8 heteroatoms. The molecule has 1 aliphatic carbocycles. The molecule has 0 bridgehead atoms. The average Bonchev–Trinajstić information content (AvgIpc) is 3.61. The molecular weight excluding hydrogens is 448 g/mol. The van der Waals surface area contributed by atoms with Crippen LogP contribution in [0.2, 0.25) is 0 Å². The minimum absolute atomic E-state index is 0.110. The number of hydrogen-bond acceptors (Lipinski definition) is 5. The smallest absolute Gasteiger partial charge is 0.325 e. The zero-order chi connectivity index (χ0) is 23.5. The molecule has 1 saturated carbocycles. The van der Waals surface area contributed by atoms with Gasteiger partial charge in [-0.3, -0.25) is 19.5 Å². The zero-order valence-electron chi connectivity index (χ0n) is 19.4. The summed E-state index contributed by atoms with van der Waals surface area (Å²) in [6.07, 6.45) is 9.07. The van der Waals surface area contributed by atoms with Gasteiger partial charge in [-0.2, -0.15) is 0 Å². The van der Waals surface area contributed by atoms with Crippen molar-refractivity contribution in [2.45, 2.75) is 56.9 Å². The molecule has 5 rings (SSSR count). The largest absolute Gasteiger partial charge is 0.343 e. The third-order valence-electron chi connectivity index (χ3n) is 7.76. The summed E-state index contributed by atoms with van der Waals surface area (Å²) in [5, 5.41) is 5.06. The summed E-state index contributed by atoms with van der Waals surface area (Å²) in [5.74, 6) is 0.430. The van der Waals surface area contributed by atoms with Crippen molar-refractivity contribution >= 4 is 29.2 Å². The molecule has 3 fully saturated rings. The highest BCUT2D eigenvalue weighted by Crippen LogP contribution is 2.41. The van der Waals surface area contributed by atoms with Crippen LogP contribution in [0.1, 0.15) is 55.5 Å². The van der Waals surface area contributed by atoms with E-state index in [4.69, 9.17) is 0 Å². The summed E-state index contributed by atoms with van der Waals surface area (Å²) in [5.41, 5.74) is -0.586. The van der Waals surface area contributed by atoms with E-state index in [-0.39, 0.29) is 23.8 Å². The molecule has 4 heterocycles. The highest BCUT2D eigenvalue weighted by Gasteiger charge is 2.58. The van der Waals surface area contributed by atoms with Crippen LogP contribution in [-0.2, 0) is 21.5 Å². The minimum Gasteiger partial charge on any atom is -0.343 e. The molecule has 1 N–H and O–H groups in total. The predicted octanol–water partition coefficient (Wildman–Crippen LogP) is 3.95. The highest BCUT2D eigenvalue weighted by molar-refractivity contribution is 7.09. The summed E-state index contributed by atoms with van der Waals surface area (Å²) in [6, 6.07) is 9.15. The Morgan fingerprint density at radius 3 is 2.56 bits per heavy atom. The van der Waals surface area contributed by atoms with Crippen LogP contribution >= 0.6 is 11.3 Å². The number of nitrogens with zero attached hydrogens (tertiary/aromatic N) is 3. The lowest BCUT2D eigenvalue weighted by Crippen LogP contribution is -2.54. The van der Waals surface area contributed by atoms with Crippen molar-refractivity contribution in [3.05, 3.63) is 52.5 Å². The normalized spacial score (nSPS) is 24.1. The molecule has 4 amide bonds. The van der Waals surface area contributed by atoms with Gasteiger partial charge in [0, 0.05) is 43.0 Å². The standard InChI is InChI=1S/C26H32N4O3S/c31-23(18-19-6-1-2-7-19)29-14-10-20(11-15-29)26(22-9-3-4-13-27-22)24(32)30(25(33)28-26)16-12-21-8-5-17-34-21/h3-5,8-9,13,17,19-20H,1-2,6-7,10-12,14-16,18H2,(H,28,33)/t26-/m0/s1. The molecule has 0 spiro atoms. The fraction of sp³-hybridized carbons (Fsp3) is 0.538. The van der Waals surface area contributed by atoms with Gasteiger partial charge in [-0.25, -0.2) is 4.79 Å². The number of hydrogen-bond donors (Lipinski definition) is 1. The van der Waals surface area contributed by atoms with Gasteiger partial charge in [0.25, 0.3) is 5.91 Å². The first-order valence-corrected chi connectivity index (χ1v) is 13.3. The van der Waals surface area contributed by atoms with Crippen molar-refractivity contribution in [3.63, 3.8) is 0 Å². The number of amides is 4. The topological polar surface area (TPSA) is 82.6 Å². The second kappa shape index (κ2) is 9.86. The number of carbonyl (C=O) groups excluding carboxylic acids is 3. The van der Waals surface area contributed by atoms with E-state index >= 15 is 0 Å². The molecule has 0 radical (unpaired) electrons. The average molecular weight is 481 g/mol. The molecule has 34 heavy (non-hydrogen) atoms. The van der Waals surface area contributed by atoms with Gasteiger partial charge >= 0.3 is 6.03 Å². The van der Waals surface area contributed by atoms with Crippen LogP contribution in [-0.4, -0.2) is 52.3 Å². The number of imide groups is 1. The summed E-state index contributed by atoms with van der Waals surface area (Å²) in [6.45, 7) is 1.57. The van der Waals surface area contributed by atoms with Crippen molar-refractivity contribution in [3.8, 4) is 0 Å². The van der Waals surface area contributed by atoms with E-state index < -0.39 is 5.54 Å². The Labute approximate surface area is 204 Å². The Morgan fingerprint density at radius 2 is 1.88 bits per heavy atom. The van der Waals surface area contributed by atoms with Crippen molar-refractivity contribution in [1.82, 2.24) is 20.1 Å². The van der Waals surface area contributed by atoms with Crippen LogP contribution in [0.3, 0.4) is 0 Å². The third kappa shape index (κ3) is 4.35. The number of pyridine rings is 1. The Hall–Kier alpha value is -2.74. The molecule has 1 atom stereocenters. The maximum Gasteiger partial charge on any atom is 0.325 e. The van der Waals surface area contributed by atoms with E-state index in [1.54, 1.807) is 17.5 Å². The number of likely N-dealkylation sites (tertiary alicyclic amines) is 1. The van der Waals surface area contributed by atoms with Crippen LogP contribution in [0, 0.1) is 11.8 Å². The van der Waals surface area contributed by atoms with Gasteiger partial charge in [-0.1, -0.05) is 25.0 Å². The summed E-state index contributed by atoms with van der Waals surface area (Å²) >= 11 is 1.63. The monoisotopic (exact) mass is 480 g/mol. The number of piperidine rings is 1. The van der Waals surface area contributed by atoms with E-state index in [1.165, 1.54) is 17.7 Å². The van der Waals surface area contributed by atoms with Crippen molar-refractivity contribution in [2.24, 2.45) is 11.8 Å². The number of urea groups is 1. The van der Waals surface area contributed by atoms with Crippen LogP contribution in [0.5, 0.6) is 0 Å². The molecule has 3 aliphatic rings. The molecule has 2 saturated heterocycles. The maximum absolute atomic E-state index is 13.9. The molecule has 7 nitrogen and oxygen atoms in total. The van der Waals surface area contributed by atoms with Crippen LogP contribution in [0.25, 0.3) is 0 Å². The molecule has 2 aliphatic heterocycles. The summed E-state index contributed by atoms with van der Waals surface area (Å²) in [4.78, 5) is 48.8. The van der Waals surface area contributed by atoms with E-state index in [9.17, 15) is 14.4 Å². The van der Waals surface area contributed by atoms with Gasteiger partial charge in [-0.05, 0) is 61.6 Å². The van der Waals surface area contributed by atoms with Crippen molar-refractivity contribution in [2.75, 3.05) is 19.6 Å². The number of thiophene rings is 1. The van der Waals surface area contributed by atoms with Crippen LogP contribution in [0.15, 0.2) is 41.9 Å². The second-order valence-corrected chi connectivity index (χ2v) is 10.8. The SMILES string of the molecule is O=C(CC1CCCC1)N1CCC([C@@]2(c3ccccn3)NC(=O)N(CCc3cccs3)C2=O)CC1. The first kappa shape index (κ1) is 23.0. The van der Waals surface area contributed by atoms with Gasteiger partial charge in [-0.15, -0.1) is 11.3 Å². The lowest BCUT2D eigenvalue weighted by atomic mass is 9.75. The van der Waals surface area contributed by atoms with Gasteiger partial charge in [0.15, 0.2) is 5.54 Å². The fourth-order valence-electron chi connectivity index (χ4n) is 5.88.